The largest absolute Gasteiger partial charge is 0.462 e. The smallest absolute Gasteiger partial charge is 0.387 e. The third-order valence-electron chi connectivity index (χ3n) is 3.18. The van der Waals surface area contributed by atoms with E-state index in [1.54, 1.807) is 13.0 Å². The van der Waals surface area contributed by atoms with Gasteiger partial charge in [0.15, 0.2) is 0 Å². The number of amides is 1. The van der Waals surface area contributed by atoms with Crippen molar-refractivity contribution >= 4 is 28.2 Å². The summed E-state index contributed by atoms with van der Waals surface area (Å²) in [5.74, 6) is -1.17. The van der Waals surface area contributed by atoms with Gasteiger partial charge in [0.2, 0.25) is 0 Å². The number of aryl methyl sites for hydroxylation is 1. The summed E-state index contributed by atoms with van der Waals surface area (Å²) >= 11 is 1.27. The lowest BCUT2D eigenvalue weighted by Gasteiger charge is -2.08. The van der Waals surface area contributed by atoms with E-state index in [4.69, 9.17) is 4.74 Å². The number of rotatable bonds is 7. The van der Waals surface area contributed by atoms with Crippen LogP contribution in [0.25, 0.3) is 0 Å². The second-order valence-corrected chi connectivity index (χ2v) is 6.03. The van der Waals surface area contributed by atoms with Gasteiger partial charge in [-0.1, -0.05) is 13.0 Å². The highest BCUT2D eigenvalue weighted by Gasteiger charge is 2.19. The Labute approximate surface area is 147 Å². The maximum absolute atomic E-state index is 12.4. The van der Waals surface area contributed by atoms with Gasteiger partial charge in [-0.15, -0.1) is 11.3 Å². The Balaban J connectivity index is 2.22. The summed E-state index contributed by atoms with van der Waals surface area (Å²) in [6.07, 6.45) is 0.699. The van der Waals surface area contributed by atoms with E-state index >= 15 is 0 Å². The molecular formula is C17H17F2NO4S. The van der Waals surface area contributed by atoms with Crippen LogP contribution in [0.4, 0.5) is 13.8 Å². The van der Waals surface area contributed by atoms with Crippen molar-refractivity contribution in [2.24, 2.45) is 0 Å². The number of benzene rings is 1. The van der Waals surface area contributed by atoms with Crippen LogP contribution in [0.5, 0.6) is 5.75 Å². The van der Waals surface area contributed by atoms with E-state index in [2.05, 4.69) is 10.1 Å². The van der Waals surface area contributed by atoms with Crippen molar-refractivity contribution in [3.05, 3.63) is 46.3 Å². The van der Waals surface area contributed by atoms with E-state index in [0.29, 0.717) is 11.4 Å². The van der Waals surface area contributed by atoms with Crippen LogP contribution in [0.1, 0.15) is 39.4 Å². The minimum atomic E-state index is -2.97. The molecule has 0 saturated heterocycles. The van der Waals surface area contributed by atoms with Gasteiger partial charge < -0.3 is 14.8 Å². The van der Waals surface area contributed by atoms with Gasteiger partial charge in [-0.05, 0) is 37.6 Å². The lowest BCUT2D eigenvalue weighted by atomic mass is 10.2. The molecule has 0 bridgehead atoms. The van der Waals surface area contributed by atoms with Crippen molar-refractivity contribution in [3.8, 4) is 5.75 Å². The molecule has 0 aliphatic heterocycles. The Morgan fingerprint density at radius 2 is 2.00 bits per heavy atom. The maximum Gasteiger partial charge on any atom is 0.387 e. The number of nitrogens with one attached hydrogen (secondary N) is 1. The van der Waals surface area contributed by atoms with Crippen molar-refractivity contribution in [2.75, 3.05) is 11.9 Å². The fourth-order valence-electron chi connectivity index (χ4n) is 2.06. The molecule has 2 rings (SSSR count). The molecule has 1 heterocycles. The number of hydrogen-bond donors (Lipinski definition) is 1. The van der Waals surface area contributed by atoms with Gasteiger partial charge >= 0.3 is 12.6 Å². The molecule has 0 aliphatic rings. The summed E-state index contributed by atoms with van der Waals surface area (Å²) in [6, 6.07) is 7.11. The maximum atomic E-state index is 12.4. The fraction of sp³-hybridized carbons (Fsp3) is 0.294. The van der Waals surface area contributed by atoms with E-state index in [1.807, 2.05) is 6.92 Å². The highest BCUT2D eigenvalue weighted by atomic mass is 32.1. The van der Waals surface area contributed by atoms with E-state index < -0.39 is 18.5 Å². The van der Waals surface area contributed by atoms with Crippen LogP contribution in [-0.2, 0) is 11.2 Å². The zero-order valence-corrected chi connectivity index (χ0v) is 14.5. The Morgan fingerprint density at radius 1 is 1.24 bits per heavy atom. The lowest BCUT2D eigenvalue weighted by Crippen LogP contribution is -2.14. The molecule has 0 spiro atoms. The van der Waals surface area contributed by atoms with E-state index in [1.165, 1.54) is 35.6 Å². The van der Waals surface area contributed by atoms with Gasteiger partial charge in [-0.25, -0.2) is 4.79 Å². The number of alkyl halides is 2. The van der Waals surface area contributed by atoms with Crippen LogP contribution in [0.15, 0.2) is 30.3 Å². The first-order valence-corrected chi connectivity index (χ1v) is 8.42. The number of esters is 1. The quantitative estimate of drug-likeness (QED) is 0.738. The van der Waals surface area contributed by atoms with Gasteiger partial charge in [0.05, 0.1) is 12.2 Å². The fourth-order valence-corrected chi connectivity index (χ4v) is 3.04. The van der Waals surface area contributed by atoms with E-state index in [0.717, 1.165) is 4.88 Å². The molecular weight excluding hydrogens is 352 g/mol. The van der Waals surface area contributed by atoms with Gasteiger partial charge in [0.1, 0.15) is 10.8 Å². The first-order valence-electron chi connectivity index (χ1n) is 7.60. The summed E-state index contributed by atoms with van der Waals surface area (Å²) in [5, 5.41) is 3.00. The molecule has 1 N–H and O–H groups in total. The average Bonchev–Trinajstić information content (AvgIpc) is 2.98. The molecule has 0 saturated carbocycles. The molecule has 0 aliphatic carbocycles. The van der Waals surface area contributed by atoms with Crippen LogP contribution in [0, 0.1) is 0 Å². The number of carbonyl (C=O) groups excluding carboxylic acids is 2. The minimum absolute atomic E-state index is 0.117. The van der Waals surface area contributed by atoms with E-state index in [9.17, 15) is 18.4 Å². The number of ether oxygens (including phenoxy) is 2. The topological polar surface area (TPSA) is 64.6 Å². The third kappa shape index (κ3) is 4.99. The van der Waals surface area contributed by atoms with Crippen LogP contribution >= 0.6 is 11.3 Å². The first-order chi connectivity index (χ1) is 11.9. The van der Waals surface area contributed by atoms with Crippen LogP contribution in [0.3, 0.4) is 0 Å². The highest BCUT2D eigenvalue weighted by molar-refractivity contribution is 7.16. The van der Waals surface area contributed by atoms with Gasteiger partial charge in [-0.2, -0.15) is 8.78 Å². The second-order valence-electron chi connectivity index (χ2n) is 4.89. The van der Waals surface area contributed by atoms with Crippen molar-refractivity contribution in [1.82, 2.24) is 0 Å². The van der Waals surface area contributed by atoms with Gasteiger partial charge in [0.25, 0.3) is 5.91 Å². The summed E-state index contributed by atoms with van der Waals surface area (Å²) in [4.78, 5) is 25.3. The average molecular weight is 369 g/mol. The van der Waals surface area contributed by atoms with Crippen molar-refractivity contribution in [2.45, 2.75) is 26.9 Å². The normalized spacial score (nSPS) is 10.6. The van der Waals surface area contributed by atoms with Crippen molar-refractivity contribution < 1.29 is 27.8 Å². The first kappa shape index (κ1) is 18.9. The summed E-state index contributed by atoms with van der Waals surface area (Å²) in [7, 11) is 0. The van der Waals surface area contributed by atoms with Gasteiger partial charge in [0, 0.05) is 10.4 Å². The van der Waals surface area contributed by atoms with E-state index in [-0.39, 0.29) is 23.5 Å². The predicted molar refractivity (Wildman–Crippen MR) is 90.7 cm³/mol. The van der Waals surface area contributed by atoms with Crippen molar-refractivity contribution in [3.63, 3.8) is 0 Å². The van der Waals surface area contributed by atoms with Crippen LogP contribution in [0.2, 0.25) is 0 Å². The van der Waals surface area contributed by atoms with Crippen LogP contribution in [-0.4, -0.2) is 25.1 Å². The predicted octanol–water partition coefficient (Wildman–Crippen LogP) is 4.34. The summed E-state index contributed by atoms with van der Waals surface area (Å²) in [5.41, 5.74) is 0.413. The molecule has 25 heavy (non-hydrogen) atoms. The summed E-state index contributed by atoms with van der Waals surface area (Å²) < 4.78 is 33.8. The molecule has 0 atom stereocenters. The summed E-state index contributed by atoms with van der Waals surface area (Å²) in [6.45, 7) is 0.865. The Kier molecular flexibility index (Phi) is 6.46. The number of hydrogen-bond acceptors (Lipinski definition) is 5. The Bertz CT molecular complexity index is 761. The Morgan fingerprint density at radius 3 is 2.64 bits per heavy atom. The third-order valence-corrected chi connectivity index (χ3v) is 4.37. The van der Waals surface area contributed by atoms with Gasteiger partial charge in [-0.3, -0.25) is 4.79 Å². The highest BCUT2D eigenvalue weighted by Crippen LogP contribution is 2.30. The number of thiophene rings is 1. The van der Waals surface area contributed by atoms with Crippen LogP contribution < -0.4 is 10.1 Å². The number of halogens is 2. The molecule has 0 radical (unpaired) electrons. The zero-order valence-electron chi connectivity index (χ0n) is 13.7. The number of anilines is 1. The molecule has 134 valence electrons. The monoisotopic (exact) mass is 369 g/mol. The molecule has 2 aromatic rings. The number of carbonyl (C=O) groups is 2. The second kappa shape index (κ2) is 8.57. The molecule has 1 aromatic carbocycles. The Hall–Kier alpha value is -2.48. The molecule has 8 heteroatoms. The molecule has 1 aromatic heterocycles. The molecule has 5 nitrogen and oxygen atoms in total. The molecule has 0 unspecified atom stereocenters. The standard InChI is InChI=1S/C17H17F2NO4S/c1-3-12-9-13(16(22)23-4-2)15(25-12)20-14(21)10-6-5-7-11(8-10)24-17(18)19/h5-9,17H,3-4H2,1-2H3,(H,20,21). The SMILES string of the molecule is CCOC(=O)c1cc(CC)sc1NC(=O)c1cccc(OC(F)F)c1. The molecule has 0 fully saturated rings. The minimum Gasteiger partial charge on any atom is -0.462 e. The molecule has 1 amide bonds. The zero-order chi connectivity index (χ0) is 18.4. The van der Waals surface area contributed by atoms with Crippen molar-refractivity contribution in [1.29, 1.82) is 0 Å². The lowest BCUT2D eigenvalue weighted by molar-refractivity contribution is -0.0498.